The van der Waals surface area contributed by atoms with E-state index in [1.165, 1.54) is 12.1 Å². The lowest BCUT2D eigenvalue weighted by molar-refractivity contribution is -0.142. The molecule has 8 nitrogen and oxygen atoms in total. The summed E-state index contributed by atoms with van der Waals surface area (Å²) in [4.78, 5) is 35.7. The fourth-order valence-corrected chi connectivity index (χ4v) is 3.80. The van der Waals surface area contributed by atoms with Crippen molar-refractivity contribution in [3.63, 3.8) is 0 Å². The first kappa shape index (κ1) is 19.1. The lowest BCUT2D eigenvalue weighted by Crippen LogP contribution is -2.58. The fourth-order valence-electron chi connectivity index (χ4n) is 2.43. The smallest absolute Gasteiger partial charge is 0.289 e. The van der Waals surface area contributed by atoms with Gasteiger partial charge in [0, 0.05) is 6.54 Å². The lowest BCUT2D eigenvalue weighted by atomic mass is 10.0. The number of nitrogens with one attached hydrogen (secondary N) is 3. The Morgan fingerprint density at radius 3 is 2.44 bits per heavy atom. The summed E-state index contributed by atoms with van der Waals surface area (Å²) in [5, 5.41) is 4.87. The molecule has 1 fully saturated rings. The van der Waals surface area contributed by atoms with Crippen LogP contribution in [-0.2, 0) is 24.4 Å². The molecule has 0 aromatic heterocycles. The fraction of sp³-hybridized carbons (Fsp3) is 0.438. The highest BCUT2D eigenvalue weighted by atomic mass is 32.2. The lowest BCUT2D eigenvalue weighted by Gasteiger charge is -2.26. The number of rotatable bonds is 6. The highest BCUT2D eigenvalue weighted by molar-refractivity contribution is 7.89. The molecule has 1 aliphatic rings. The van der Waals surface area contributed by atoms with Gasteiger partial charge in [-0.2, -0.15) is 4.72 Å². The number of carbonyl (C=O) groups is 3. The number of hydrogen-bond donors (Lipinski definition) is 3. The van der Waals surface area contributed by atoms with E-state index in [1.54, 1.807) is 32.0 Å². The largest absolute Gasteiger partial charge is 0.349 e. The van der Waals surface area contributed by atoms with Gasteiger partial charge in [0.25, 0.3) is 5.91 Å². The van der Waals surface area contributed by atoms with Crippen molar-refractivity contribution in [3.05, 3.63) is 30.3 Å². The van der Waals surface area contributed by atoms with E-state index in [0.717, 1.165) is 0 Å². The molecule has 0 saturated carbocycles. The van der Waals surface area contributed by atoms with Crippen LogP contribution in [0.3, 0.4) is 0 Å². The van der Waals surface area contributed by atoms with Crippen LogP contribution in [0.1, 0.15) is 20.3 Å². The second kappa shape index (κ2) is 7.75. The van der Waals surface area contributed by atoms with Crippen LogP contribution in [0.15, 0.2) is 35.2 Å². The third-order valence-electron chi connectivity index (χ3n) is 3.86. The third kappa shape index (κ3) is 4.64. The number of piperidine rings is 1. The summed E-state index contributed by atoms with van der Waals surface area (Å²) in [6.07, 6.45) is 0.270. The molecular weight excluding hydrogens is 346 g/mol. The summed E-state index contributed by atoms with van der Waals surface area (Å²) in [7, 11) is -3.89. The third-order valence-corrected chi connectivity index (χ3v) is 5.32. The molecule has 136 valence electrons. The zero-order valence-electron chi connectivity index (χ0n) is 14.0. The van der Waals surface area contributed by atoms with Crippen molar-refractivity contribution < 1.29 is 22.8 Å². The van der Waals surface area contributed by atoms with Gasteiger partial charge in [-0.15, -0.1) is 0 Å². The van der Waals surface area contributed by atoms with E-state index in [-0.39, 0.29) is 23.8 Å². The maximum atomic E-state index is 12.5. The van der Waals surface area contributed by atoms with Crippen molar-refractivity contribution in [2.75, 3.05) is 6.54 Å². The second-order valence-corrected chi connectivity index (χ2v) is 7.84. The normalized spacial score (nSPS) is 19.4. The van der Waals surface area contributed by atoms with Crippen LogP contribution in [-0.4, -0.2) is 44.6 Å². The molecular formula is C16H21N3O5S. The quantitative estimate of drug-likeness (QED) is 0.589. The molecule has 1 saturated heterocycles. The van der Waals surface area contributed by atoms with E-state index >= 15 is 0 Å². The predicted octanol–water partition coefficient (Wildman–Crippen LogP) is -0.437. The number of sulfonamides is 1. The van der Waals surface area contributed by atoms with Crippen molar-refractivity contribution >= 4 is 27.6 Å². The Morgan fingerprint density at radius 2 is 1.84 bits per heavy atom. The van der Waals surface area contributed by atoms with Crippen LogP contribution >= 0.6 is 0 Å². The Bertz CT molecular complexity index is 761. The standard InChI is InChI=1S/C16H21N3O5S/c1-10(2)13(19-25(23,24)11-6-4-3-5-7-11)15(21)18-12-8-9-17-16(22)14(12)20/h3-7,10,12-13,19H,8-9H2,1-2H3,(H,17,22)(H,18,21). The highest BCUT2D eigenvalue weighted by Gasteiger charge is 2.34. The number of hydrogen-bond acceptors (Lipinski definition) is 5. The van der Waals surface area contributed by atoms with Gasteiger partial charge in [0.2, 0.25) is 21.7 Å². The Balaban J connectivity index is 2.13. The van der Waals surface area contributed by atoms with E-state index in [9.17, 15) is 22.8 Å². The molecule has 2 amide bonds. The Kier molecular flexibility index (Phi) is 5.91. The van der Waals surface area contributed by atoms with Gasteiger partial charge in [-0.3, -0.25) is 14.4 Å². The Labute approximate surface area is 146 Å². The molecule has 2 rings (SSSR count). The SMILES string of the molecule is CC(C)C(NS(=O)(=O)c1ccccc1)C(=O)NC1CCNC(=O)C1=O. The van der Waals surface area contributed by atoms with E-state index < -0.39 is 39.7 Å². The minimum Gasteiger partial charge on any atom is -0.349 e. The van der Waals surface area contributed by atoms with Gasteiger partial charge in [0.1, 0.15) is 6.04 Å². The molecule has 0 aliphatic carbocycles. The highest BCUT2D eigenvalue weighted by Crippen LogP contribution is 2.12. The molecule has 0 spiro atoms. The van der Waals surface area contributed by atoms with Crippen LogP contribution < -0.4 is 15.4 Å². The summed E-state index contributed by atoms with van der Waals surface area (Å²) in [5.41, 5.74) is 0. The van der Waals surface area contributed by atoms with Crippen molar-refractivity contribution in [2.24, 2.45) is 5.92 Å². The number of carbonyl (C=O) groups excluding carboxylic acids is 3. The average molecular weight is 367 g/mol. The monoisotopic (exact) mass is 367 g/mol. The summed E-state index contributed by atoms with van der Waals surface area (Å²) >= 11 is 0. The van der Waals surface area contributed by atoms with Crippen molar-refractivity contribution in [1.82, 2.24) is 15.4 Å². The van der Waals surface area contributed by atoms with E-state index in [4.69, 9.17) is 0 Å². The van der Waals surface area contributed by atoms with Crippen LogP contribution in [0.2, 0.25) is 0 Å². The number of amides is 2. The first-order valence-electron chi connectivity index (χ1n) is 7.92. The van der Waals surface area contributed by atoms with Gasteiger partial charge >= 0.3 is 0 Å². The van der Waals surface area contributed by atoms with E-state index in [1.807, 2.05) is 0 Å². The molecule has 2 unspecified atom stereocenters. The van der Waals surface area contributed by atoms with E-state index in [2.05, 4.69) is 15.4 Å². The zero-order chi connectivity index (χ0) is 18.6. The van der Waals surface area contributed by atoms with Gasteiger partial charge in [0.05, 0.1) is 10.9 Å². The minimum atomic E-state index is -3.89. The molecule has 1 aromatic rings. The topological polar surface area (TPSA) is 121 Å². The molecule has 1 aromatic carbocycles. The van der Waals surface area contributed by atoms with Gasteiger partial charge in [0.15, 0.2) is 0 Å². The molecule has 25 heavy (non-hydrogen) atoms. The van der Waals surface area contributed by atoms with Gasteiger partial charge < -0.3 is 10.6 Å². The number of ketones is 1. The summed E-state index contributed by atoms with van der Waals surface area (Å²) in [6.45, 7) is 3.65. The van der Waals surface area contributed by atoms with E-state index in [0.29, 0.717) is 0 Å². The summed E-state index contributed by atoms with van der Waals surface area (Å²) < 4.78 is 27.2. The summed E-state index contributed by atoms with van der Waals surface area (Å²) in [6, 6.07) is 5.69. The van der Waals surface area contributed by atoms with Crippen LogP contribution in [0, 0.1) is 5.92 Å². The Hall–Kier alpha value is -2.26. The first-order valence-corrected chi connectivity index (χ1v) is 9.40. The van der Waals surface area contributed by atoms with Gasteiger partial charge in [-0.1, -0.05) is 32.0 Å². The maximum Gasteiger partial charge on any atom is 0.289 e. The van der Waals surface area contributed by atoms with Crippen LogP contribution in [0.25, 0.3) is 0 Å². The number of benzene rings is 1. The molecule has 0 radical (unpaired) electrons. The van der Waals surface area contributed by atoms with Crippen molar-refractivity contribution in [1.29, 1.82) is 0 Å². The van der Waals surface area contributed by atoms with Crippen molar-refractivity contribution in [3.8, 4) is 0 Å². The minimum absolute atomic E-state index is 0.0431. The molecule has 9 heteroatoms. The van der Waals surface area contributed by atoms with Crippen molar-refractivity contribution in [2.45, 2.75) is 37.2 Å². The first-order chi connectivity index (χ1) is 11.7. The molecule has 2 atom stereocenters. The average Bonchev–Trinajstić information content (AvgIpc) is 2.57. The predicted molar refractivity (Wildman–Crippen MR) is 90.0 cm³/mol. The second-order valence-electron chi connectivity index (χ2n) is 6.13. The molecule has 3 N–H and O–H groups in total. The van der Waals surface area contributed by atoms with Gasteiger partial charge in [-0.05, 0) is 24.5 Å². The maximum absolute atomic E-state index is 12.5. The van der Waals surface area contributed by atoms with Crippen LogP contribution in [0.5, 0.6) is 0 Å². The zero-order valence-corrected chi connectivity index (χ0v) is 14.8. The summed E-state index contributed by atoms with van der Waals surface area (Å²) in [5.74, 6) is -2.47. The number of Topliss-reactive ketones (excluding diaryl/α,β-unsaturated/α-hetero) is 1. The molecule has 1 aliphatic heterocycles. The van der Waals surface area contributed by atoms with Crippen LogP contribution in [0.4, 0.5) is 0 Å². The Morgan fingerprint density at radius 1 is 1.20 bits per heavy atom. The molecule has 0 bridgehead atoms. The molecule has 1 heterocycles. The van der Waals surface area contributed by atoms with Gasteiger partial charge in [-0.25, -0.2) is 8.42 Å².